The van der Waals surface area contributed by atoms with Crippen molar-refractivity contribution in [2.24, 2.45) is 0 Å². The van der Waals surface area contributed by atoms with E-state index in [1.807, 2.05) is 0 Å². The van der Waals surface area contributed by atoms with E-state index in [0.29, 0.717) is 0 Å². The lowest BCUT2D eigenvalue weighted by Gasteiger charge is -2.46. The fourth-order valence-electron chi connectivity index (χ4n) is 7.55. The molecule has 0 saturated heterocycles. The van der Waals surface area contributed by atoms with Crippen LogP contribution in [0.4, 0.5) is 272 Å². The summed E-state index contributed by atoms with van der Waals surface area (Å²) in [6, 6.07) is -0.258. The van der Waals surface area contributed by atoms with Crippen molar-refractivity contribution in [3.8, 4) is 0 Å². The zero-order valence-electron chi connectivity index (χ0n) is 48.9. The highest BCUT2D eigenvalue weighted by molar-refractivity contribution is 6.03. The highest BCUT2D eigenvalue weighted by atomic mass is 19.5. The van der Waals surface area contributed by atoms with E-state index in [2.05, 4.69) is 9.47 Å². The molecule has 1 aromatic rings. The molecule has 0 aliphatic carbocycles. The van der Waals surface area contributed by atoms with Gasteiger partial charge in [-0.3, -0.25) is 0 Å². The summed E-state index contributed by atoms with van der Waals surface area (Å²) in [6.45, 7) is -1.25. The molecule has 110 heavy (non-hydrogen) atoms. The van der Waals surface area contributed by atoms with Crippen LogP contribution in [0.5, 0.6) is 0 Å². The predicted molar refractivity (Wildman–Crippen MR) is 216 cm³/mol. The average Bonchev–Trinajstić information content (AvgIpc) is 0.681. The van der Waals surface area contributed by atoms with Gasteiger partial charge in [-0.1, -0.05) is 12.1 Å². The zero-order chi connectivity index (χ0) is 90.1. The normalized spacial score (nSPS) is 17.2. The molecule has 0 bridgehead atoms. The van der Waals surface area contributed by atoms with Crippen molar-refractivity contribution >= 4 is 11.9 Å². The smallest absolute Gasteiger partial charge is 0.459 e. The first-order valence-corrected chi connectivity index (χ1v) is 25.0. The fraction of sp³-hybridized carbons (Fsp3) is 0.818. The molecule has 1 aromatic carbocycles. The van der Waals surface area contributed by atoms with Crippen LogP contribution in [0.3, 0.4) is 0 Å². The summed E-state index contributed by atoms with van der Waals surface area (Å²) in [5.74, 6) is -282. The summed E-state index contributed by atoms with van der Waals surface area (Å²) < 4.78 is 874. The number of hydrogen-bond donors (Lipinski definition) is 0. The minimum atomic E-state index is -10.5. The maximum Gasteiger partial charge on any atom is 0.460 e. The molecule has 0 fully saturated rings. The van der Waals surface area contributed by atoms with Gasteiger partial charge in [0.05, 0.1) is 24.0 Å². The Morgan fingerprint density at radius 2 is 0.318 bits per heavy atom. The van der Waals surface area contributed by atoms with Crippen LogP contribution in [-0.2, 0) is 9.47 Å². The van der Waals surface area contributed by atoms with Crippen LogP contribution in [0.1, 0.15) is 47.4 Å². The van der Waals surface area contributed by atoms with Crippen LogP contribution in [0.15, 0.2) is 24.3 Å². The van der Waals surface area contributed by atoms with Crippen molar-refractivity contribution in [3.05, 3.63) is 35.4 Å². The first kappa shape index (κ1) is 102. The molecule has 650 valence electrons. The second-order valence-electron chi connectivity index (χ2n) is 21.7. The average molecular weight is 1790 g/mol. The second-order valence-corrected chi connectivity index (χ2v) is 21.7. The standard InChI is InChI=1S/C44H16F62O4/c1-9(7-15(45,46)17(49,50)19(53,54)21(57,58)23(61,62)25(65,66)27(69,70)29(73,74)31(77,78)33(81,82)35(85,86)37(89,90)39(93,94)41(97,98)43(101,102)103)109-13(107)11-5-3-4-6-12(11)14(108)110-10(2)8-16(47,48)18(51,52)20(55,56)22(59,60)24(63,64)26(67,68)28(71,72)30(75,76)32(79,80)34(83,84)36(87,88)38(91,92)40(95,96)42(99,100)44(104,105)106/h3-6,9-10H,7-8H2,1-2H3. The van der Waals surface area contributed by atoms with E-state index in [-0.39, 0.29) is 24.3 Å². The van der Waals surface area contributed by atoms with Gasteiger partial charge in [0.15, 0.2) is 0 Å². The summed E-state index contributed by atoms with van der Waals surface area (Å²) in [7, 11) is 0. The molecule has 0 heterocycles. The fourth-order valence-corrected chi connectivity index (χ4v) is 7.55. The highest BCUT2D eigenvalue weighted by Gasteiger charge is 3.04. The van der Waals surface area contributed by atoms with E-state index >= 15 is 0 Å². The first-order valence-electron chi connectivity index (χ1n) is 25.0. The molecule has 2 unspecified atom stereocenters. The summed E-state index contributed by atoms with van der Waals surface area (Å²) in [6.07, 6.45) is -33.0. The van der Waals surface area contributed by atoms with Crippen molar-refractivity contribution in [1.29, 1.82) is 0 Å². The number of alkyl halides is 62. The largest absolute Gasteiger partial charge is 0.460 e. The summed E-state index contributed by atoms with van der Waals surface area (Å²) in [5.41, 5.74) is -4.28. The van der Waals surface area contributed by atoms with Gasteiger partial charge in [-0.15, -0.1) is 0 Å². The molecule has 0 radical (unpaired) electrons. The lowest BCUT2D eigenvalue weighted by atomic mass is 9.83. The molecule has 2 atom stereocenters. The number of esters is 2. The molecular weight excluding hydrogens is 1770 g/mol. The Hall–Kier alpha value is -6.18. The molecule has 0 aliphatic rings. The number of halogens is 62. The van der Waals surface area contributed by atoms with Gasteiger partial charge in [0.2, 0.25) is 0 Å². The Bertz CT molecular complexity index is 3240. The monoisotopic (exact) mass is 1790 g/mol. The SMILES string of the molecule is CC(CC(F)(F)C(F)(F)C(F)(F)C(F)(F)C(F)(F)C(F)(F)C(F)(F)C(F)(F)C(F)(F)C(F)(F)C(F)(F)C(F)(F)C(F)(F)C(F)(F)C(F)(F)F)OC(=O)c1ccccc1C(=O)OC(C)CC(F)(F)C(F)(F)C(F)(F)C(F)(F)C(F)(F)C(F)(F)C(F)(F)C(F)(F)C(F)(F)C(F)(F)C(F)(F)C(F)(F)C(F)(F)C(F)(F)C(F)(F)F. The Labute approximate surface area is 556 Å². The van der Waals surface area contributed by atoms with Gasteiger partial charge in [0.1, 0.15) is 12.2 Å². The minimum Gasteiger partial charge on any atom is -0.459 e. The predicted octanol–water partition coefficient (Wildman–Crippen LogP) is 22.5. The molecule has 0 aromatic heterocycles. The van der Waals surface area contributed by atoms with Gasteiger partial charge in [0.25, 0.3) is 0 Å². The second kappa shape index (κ2) is 26.7. The van der Waals surface area contributed by atoms with Gasteiger partial charge in [0, 0.05) is 0 Å². The molecule has 66 heteroatoms. The molecule has 0 aliphatic heterocycles. The van der Waals surface area contributed by atoms with Crippen LogP contribution < -0.4 is 0 Å². The third-order valence-electron chi connectivity index (χ3n) is 14.2. The van der Waals surface area contributed by atoms with Gasteiger partial charge >= 0.3 is 190 Å². The van der Waals surface area contributed by atoms with Crippen LogP contribution in [-0.4, -0.2) is 202 Å². The number of carbonyl (C=O) groups excluding carboxylic acids is 2. The Balaban J connectivity index is 3.82. The van der Waals surface area contributed by atoms with Crippen molar-refractivity contribution in [2.45, 2.75) is 217 Å². The summed E-state index contributed by atoms with van der Waals surface area (Å²) in [4.78, 5) is 25.4. The summed E-state index contributed by atoms with van der Waals surface area (Å²) >= 11 is 0. The lowest BCUT2D eigenvalue weighted by Crippen LogP contribution is -2.79. The molecule has 4 nitrogen and oxygen atoms in total. The highest BCUT2D eigenvalue weighted by Crippen LogP contribution is 2.73. The number of ether oxygens (including phenoxy) is 2. The van der Waals surface area contributed by atoms with Crippen molar-refractivity contribution in [3.63, 3.8) is 0 Å². The Kier molecular flexibility index (Phi) is 24.7. The van der Waals surface area contributed by atoms with Gasteiger partial charge in [-0.2, -0.15) is 272 Å². The maximum atomic E-state index is 14.8. The number of rotatable bonds is 34. The van der Waals surface area contributed by atoms with Crippen LogP contribution in [0.2, 0.25) is 0 Å². The van der Waals surface area contributed by atoms with Crippen molar-refractivity contribution in [2.75, 3.05) is 0 Å². The third-order valence-corrected chi connectivity index (χ3v) is 14.2. The topological polar surface area (TPSA) is 52.6 Å². The van der Waals surface area contributed by atoms with Crippen LogP contribution in [0, 0.1) is 0 Å². The van der Waals surface area contributed by atoms with Crippen molar-refractivity contribution < 1.29 is 291 Å². The molecule has 0 amide bonds. The number of hydrogen-bond acceptors (Lipinski definition) is 4. The Morgan fingerprint density at radius 1 is 0.209 bits per heavy atom. The van der Waals surface area contributed by atoms with E-state index in [9.17, 15) is 282 Å². The molecule has 0 N–H and O–H groups in total. The van der Waals surface area contributed by atoms with E-state index in [0.717, 1.165) is 0 Å². The van der Waals surface area contributed by atoms with Gasteiger partial charge < -0.3 is 9.47 Å². The van der Waals surface area contributed by atoms with E-state index in [4.69, 9.17) is 0 Å². The molecule has 0 spiro atoms. The first-order chi connectivity index (χ1) is 46.8. The van der Waals surface area contributed by atoms with Crippen molar-refractivity contribution in [1.82, 2.24) is 0 Å². The van der Waals surface area contributed by atoms with Gasteiger partial charge in [-0.05, 0) is 26.0 Å². The molecule has 1 rings (SSSR count). The van der Waals surface area contributed by atoms with Gasteiger partial charge in [-0.25, -0.2) is 9.59 Å². The minimum absolute atomic E-state index is 0.131. The quantitative estimate of drug-likeness (QED) is 0.0510. The maximum absolute atomic E-state index is 14.8. The van der Waals surface area contributed by atoms with Crippen LogP contribution >= 0.6 is 0 Å². The Morgan fingerprint density at radius 3 is 0.436 bits per heavy atom. The van der Waals surface area contributed by atoms with E-state index in [1.165, 1.54) is 0 Å². The summed E-state index contributed by atoms with van der Waals surface area (Å²) in [5, 5.41) is 0. The lowest BCUT2D eigenvalue weighted by molar-refractivity contribution is -0.489. The molecule has 0 saturated carbocycles. The molecular formula is C44H16F62O4. The number of benzene rings is 1. The van der Waals surface area contributed by atoms with Crippen LogP contribution in [0.25, 0.3) is 0 Å². The van der Waals surface area contributed by atoms with E-state index in [1.54, 1.807) is 0 Å². The van der Waals surface area contributed by atoms with E-state index < -0.39 is 240 Å². The zero-order valence-corrected chi connectivity index (χ0v) is 48.9. The third kappa shape index (κ3) is 12.9. The number of carbonyl (C=O) groups is 2.